The molecule has 1 aromatic carbocycles. The fraction of sp³-hybridized carbons (Fsp3) is 0.625. The third kappa shape index (κ3) is 4.19. The molecule has 172 valence electrons. The first-order valence-electron chi connectivity index (χ1n) is 12.1. The number of amides is 2. The lowest BCUT2D eigenvalue weighted by atomic mass is 9.94. The number of anilines is 2. The Morgan fingerprint density at radius 2 is 1.94 bits per heavy atom. The number of hydrogen-bond acceptors (Lipinski definition) is 4. The maximum Gasteiger partial charge on any atom is 0.321 e. The zero-order chi connectivity index (χ0) is 22.1. The largest absolute Gasteiger partial charge is 0.369 e. The standard InChI is InChI=1S/C24H33FN6O/c1-29(19-8-3-2-4-9-19)21-12-11-18(15-20(21)25)26-24(32)30-13-5-7-17(16-30)23-28-27-22-10-6-14-31(22)23/h11-12,15,17,19H,2-10,13-14,16H2,1H3,(H,26,32)/t17-/m1/s1. The first-order chi connectivity index (χ1) is 15.6. The van der Waals surface area contributed by atoms with Gasteiger partial charge in [0.25, 0.3) is 0 Å². The molecule has 1 aliphatic carbocycles. The van der Waals surface area contributed by atoms with Crippen LogP contribution in [0, 0.1) is 5.82 Å². The SMILES string of the molecule is CN(c1ccc(NC(=O)N2CCC[C@@H](c3nnc4n3CCC4)C2)cc1F)C1CCCCC1. The lowest BCUT2D eigenvalue weighted by Crippen LogP contribution is -2.42. The molecule has 2 amide bonds. The van der Waals surface area contributed by atoms with Crippen molar-refractivity contribution in [1.82, 2.24) is 19.7 Å². The van der Waals surface area contributed by atoms with E-state index in [1.54, 1.807) is 6.07 Å². The number of aromatic nitrogens is 3. The van der Waals surface area contributed by atoms with Gasteiger partial charge in [0.15, 0.2) is 0 Å². The Morgan fingerprint density at radius 3 is 2.75 bits per heavy atom. The van der Waals surface area contributed by atoms with Crippen molar-refractivity contribution >= 4 is 17.4 Å². The second-order valence-electron chi connectivity index (χ2n) is 9.51. The maximum absolute atomic E-state index is 14.9. The molecule has 1 aromatic heterocycles. The van der Waals surface area contributed by atoms with Crippen LogP contribution in [0.25, 0.3) is 0 Å². The molecule has 8 heteroatoms. The lowest BCUT2D eigenvalue weighted by molar-refractivity contribution is 0.190. The number of halogens is 1. The first-order valence-corrected chi connectivity index (χ1v) is 12.1. The number of carbonyl (C=O) groups is 1. The van der Waals surface area contributed by atoms with E-state index in [2.05, 4.69) is 25.0 Å². The predicted octanol–water partition coefficient (Wildman–Crippen LogP) is 4.54. The monoisotopic (exact) mass is 440 g/mol. The van der Waals surface area contributed by atoms with E-state index in [-0.39, 0.29) is 17.8 Å². The van der Waals surface area contributed by atoms with E-state index >= 15 is 0 Å². The molecule has 2 fully saturated rings. The molecule has 5 rings (SSSR count). The second-order valence-corrected chi connectivity index (χ2v) is 9.51. The van der Waals surface area contributed by atoms with Gasteiger partial charge in [0.05, 0.1) is 5.69 Å². The Labute approximate surface area is 189 Å². The highest BCUT2D eigenvalue weighted by Crippen LogP contribution is 2.31. The Balaban J connectivity index is 1.23. The van der Waals surface area contributed by atoms with Crippen LogP contribution >= 0.6 is 0 Å². The minimum atomic E-state index is -0.286. The van der Waals surface area contributed by atoms with Gasteiger partial charge in [0, 0.05) is 50.7 Å². The lowest BCUT2D eigenvalue weighted by Gasteiger charge is -2.33. The molecule has 1 saturated heterocycles. The van der Waals surface area contributed by atoms with Crippen molar-refractivity contribution in [2.45, 2.75) is 76.3 Å². The fourth-order valence-corrected chi connectivity index (χ4v) is 5.59. The van der Waals surface area contributed by atoms with E-state index in [4.69, 9.17) is 0 Å². The van der Waals surface area contributed by atoms with Crippen LogP contribution in [0.4, 0.5) is 20.6 Å². The van der Waals surface area contributed by atoms with Crippen LogP contribution < -0.4 is 10.2 Å². The summed E-state index contributed by atoms with van der Waals surface area (Å²) >= 11 is 0. The molecular formula is C24H33FN6O. The van der Waals surface area contributed by atoms with Crippen molar-refractivity contribution in [1.29, 1.82) is 0 Å². The van der Waals surface area contributed by atoms with E-state index in [0.717, 1.165) is 56.7 Å². The molecule has 0 radical (unpaired) electrons. The van der Waals surface area contributed by atoms with Gasteiger partial charge in [-0.15, -0.1) is 10.2 Å². The molecule has 0 unspecified atom stereocenters. The zero-order valence-corrected chi connectivity index (χ0v) is 18.9. The molecule has 32 heavy (non-hydrogen) atoms. The Kier molecular flexibility index (Phi) is 6.02. The highest BCUT2D eigenvalue weighted by atomic mass is 19.1. The van der Waals surface area contributed by atoms with E-state index < -0.39 is 0 Å². The van der Waals surface area contributed by atoms with Crippen molar-refractivity contribution < 1.29 is 9.18 Å². The van der Waals surface area contributed by atoms with Crippen LogP contribution in [0.2, 0.25) is 0 Å². The zero-order valence-electron chi connectivity index (χ0n) is 18.9. The van der Waals surface area contributed by atoms with Crippen molar-refractivity contribution in [2.75, 3.05) is 30.4 Å². The smallest absolute Gasteiger partial charge is 0.321 e. The van der Waals surface area contributed by atoms with Gasteiger partial charge in [-0.3, -0.25) is 0 Å². The molecule has 0 bridgehead atoms. The van der Waals surface area contributed by atoms with Gasteiger partial charge < -0.3 is 19.7 Å². The quantitative estimate of drug-likeness (QED) is 0.758. The number of likely N-dealkylation sites (tertiary alicyclic amines) is 1. The van der Waals surface area contributed by atoms with Gasteiger partial charge in [-0.05, 0) is 50.3 Å². The normalized spacial score (nSPS) is 21.4. The summed E-state index contributed by atoms with van der Waals surface area (Å²) in [5.74, 6) is 2.00. The molecule has 7 nitrogen and oxygen atoms in total. The maximum atomic E-state index is 14.9. The highest BCUT2D eigenvalue weighted by Gasteiger charge is 2.30. The third-order valence-electron chi connectivity index (χ3n) is 7.41. The molecule has 2 aliphatic heterocycles. The number of nitrogens with one attached hydrogen (secondary N) is 1. The average molecular weight is 441 g/mol. The molecule has 1 saturated carbocycles. The Morgan fingerprint density at radius 1 is 1.09 bits per heavy atom. The van der Waals surface area contributed by atoms with Crippen molar-refractivity contribution in [3.63, 3.8) is 0 Å². The van der Waals surface area contributed by atoms with Gasteiger partial charge in [-0.25, -0.2) is 9.18 Å². The average Bonchev–Trinajstić information content (AvgIpc) is 3.44. The Hall–Kier alpha value is -2.64. The summed E-state index contributed by atoms with van der Waals surface area (Å²) in [5.41, 5.74) is 1.10. The second kappa shape index (κ2) is 9.08. The number of nitrogens with zero attached hydrogens (tertiary/aromatic N) is 5. The van der Waals surface area contributed by atoms with Crippen LogP contribution in [0.3, 0.4) is 0 Å². The van der Waals surface area contributed by atoms with Crippen LogP contribution in [-0.2, 0) is 13.0 Å². The molecule has 2 aromatic rings. The summed E-state index contributed by atoms with van der Waals surface area (Å²) in [4.78, 5) is 16.8. The number of carbonyl (C=O) groups excluding carboxylic acids is 1. The van der Waals surface area contributed by atoms with Crippen LogP contribution in [0.15, 0.2) is 18.2 Å². The van der Waals surface area contributed by atoms with Crippen LogP contribution in [0.5, 0.6) is 0 Å². The van der Waals surface area contributed by atoms with Crippen LogP contribution in [0.1, 0.15) is 68.9 Å². The third-order valence-corrected chi connectivity index (χ3v) is 7.41. The fourth-order valence-electron chi connectivity index (χ4n) is 5.59. The number of aryl methyl sites for hydroxylation is 1. The summed E-state index contributed by atoms with van der Waals surface area (Å²) in [6, 6.07) is 5.26. The molecular weight excluding hydrogens is 407 g/mol. The molecule has 0 spiro atoms. The van der Waals surface area contributed by atoms with Gasteiger partial charge in [0.1, 0.15) is 17.5 Å². The van der Waals surface area contributed by atoms with E-state index in [0.29, 0.717) is 30.5 Å². The van der Waals surface area contributed by atoms with Gasteiger partial charge in [-0.1, -0.05) is 19.3 Å². The molecule has 1 atom stereocenters. The topological polar surface area (TPSA) is 66.3 Å². The van der Waals surface area contributed by atoms with E-state index in [9.17, 15) is 9.18 Å². The minimum Gasteiger partial charge on any atom is -0.369 e. The number of fused-ring (bicyclic) bond motifs is 1. The first kappa shape index (κ1) is 21.2. The van der Waals surface area contributed by atoms with E-state index in [1.807, 2.05) is 18.0 Å². The number of piperidine rings is 1. The Bertz CT molecular complexity index is 969. The van der Waals surface area contributed by atoms with Gasteiger partial charge >= 0.3 is 6.03 Å². The minimum absolute atomic E-state index is 0.177. The molecule has 1 N–H and O–H groups in total. The van der Waals surface area contributed by atoms with Crippen molar-refractivity contribution in [2.24, 2.45) is 0 Å². The summed E-state index contributed by atoms with van der Waals surface area (Å²) in [5, 5.41) is 11.6. The number of hydrogen-bond donors (Lipinski definition) is 1. The number of rotatable bonds is 4. The summed E-state index contributed by atoms with van der Waals surface area (Å²) in [6.45, 7) is 2.30. The highest BCUT2D eigenvalue weighted by molar-refractivity contribution is 5.89. The number of benzene rings is 1. The molecule has 3 aliphatic rings. The summed E-state index contributed by atoms with van der Waals surface area (Å²) in [7, 11) is 1.97. The predicted molar refractivity (Wildman–Crippen MR) is 123 cm³/mol. The van der Waals surface area contributed by atoms with E-state index in [1.165, 1.54) is 25.3 Å². The van der Waals surface area contributed by atoms with Crippen molar-refractivity contribution in [3.8, 4) is 0 Å². The van der Waals surface area contributed by atoms with Gasteiger partial charge in [-0.2, -0.15) is 0 Å². The summed E-state index contributed by atoms with van der Waals surface area (Å²) < 4.78 is 17.1. The number of urea groups is 1. The summed E-state index contributed by atoms with van der Waals surface area (Å²) in [6.07, 6.45) is 9.96. The van der Waals surface area contributed by atoms with Gasteiger partial charge in [0.2, 0.25) is 0 Å². The molecule has 3 heterocycles. The van der Waals surface area contributed by atoms with Crippen molar-refractivity contribution in [3.05, 3.63) is 35.7 Å². The van der Waals surface area contributed by atoms with Crippen LogP contribution in [-0.4, -0.2) is 51.9 Å².